The van der Waals surface area contributed by atoms with Gasteiger partial charge in [-0.1, -0.05) is 6.07 Å². The molecule has 0 spiro atoms. The number of hydrogen-bond acceptors (Lipinski definition) is 4. The molecule has 1 N–H and O–H groups in total. The van der Waals surface area contributed by atoms with Crippen LogP contribution in [0.15, 0.2) is 64.6 Å². The van der Waals surface area contributed by atoms with Crippen LogP contribution in [-0.2, 0) is 16.0 Å². The van der Waals surface area contributed by atoms with E-state index in [1.54, 1.807) is 0 Å². The van der Waals surface area contributed by atoms with E-state index in [9.17, 15) is 21.6 Å². The Morgan fingerprint density at radius 3 is 2.28 bits per heavy atom. The Hall–Kier alpha value is -2.46. The van der Waals surface area contributed by atoms with Crippen molar-refractivity contribution in [3.8, 4) is 5.69 Å². The second-order valence-electron chi connectivity index (χ2n) is 5.05. The van der Waals surface area contributed by atoms with Crippen molar-refractivity contribution in [1.29, 1.82) is 0 Å². The Morgan fingerprint density at radius 2 is 1.72 bits per heavy atom. The van der Waals surface area contributed by atoms with Gasteiger partial charge in [-0.15, -0.1) is 0 Å². The second-order valence-corrected chi connectivity index (χ2v) is 7.39. The third kappa shape index (κ3) is 3.35. The van der Waals surface area contributed by atoms with E-state index in [0.29, 0.717) is 16.5 Å². The standard InChI is InChI=1S/C15H10F3N3O2S2/c16-15(17,18)10-2-1-3-13(8-10)25(22,23)12-6-4-11(5-7-12)21-9-19-20-14(21)24/h1-9H,(H,20,24). The zero-order valence-corrected chi connectivity index (χ0v) is 14.0. The van der Waals surface area contributed by atoms with Crippen molar-refractivity contribution >= 4 is 22.1 Å². The monoisotopic (exact) mass is 385 g/mol. The van der Waals surface area contributed by atoms with Gasteiger partial charge in [-0.2, -0.15) is 18.3 Å². The molecule has 130 valence electrons. The number of halogens is 3. The fraction of sp³-hybridized carbons (Fsp3) is 0.0667. The Labute approximate surface area is 145 Å². The van der Waals surface area contributed by atoms with Gasteiger partial charge >= 0.3 is 6.18 Å². The Balaban J connectivity index is 2.01. The predicted molar refractivity (Wildman–Crippen MR) is 85.6 cm³/mol. The van der Waals surface area contributed by atoms with Crippen LogP contribution in [0.5, 0.6) is 0 Å². The first-order valence-corrected chi connectivity index (χ1v) is 8.73. The highest BCUT2D eigenvalue weighted by Gasteiger charge is 2.31. The number of nitrogens with zero attached hydrogens (tertiary/aromatic N) is 2. The molecular formula is C15H10F3N3O2S2. The number of hydrogen-bond donors (Lipinski definition) is 1. The summed E-state index contributed by atoms with van der Waals surface area (Å²) in [5.41, 5.74) is -0.448. The SMILES string of the molecule is O=S(=O)(c1ccc(-n2cn[nH]c2=S)cc1)c1cccc(C(F)(F)F)c1. The van der Waals surface area contributed by atoms with Crippen LogP contribution in [0.25, 0.3) is 5.69 Å². The molecule has 25 heavy (non-hydrogen) atoms. The van der Waals surface area contributed by atoms with E-state index in [1.165, 1.54) is 35.2 Å². The zero-order chi connectivity index (χ0) is 18.2. The van der Waals surface area contributed by atoms with Crippen LogP contribution < -0.4 is 0 Å². The van der Waals surface area contributed by atoms with Gasteiger partial charge in [-0.05, 0) is 54.7 Å². The molecule has 0 bridgehead atoms. The topological polar surface area (TPSA) is 67.8 Å². The summed E-state index contributed by atoms with van der Waals surface area (Å²) in [7, 11) is -4.08. The maximum absolute atomic E-state index is 12.8. The van der Waals surface area contributed by atoms with E-state index >= 15 is 0 Å². The average Bonchev–Trinajstić information content (AvgIpc) is 3.00. The third-order valence-electron chi connectivity index (χ3n) is 3.45. The molecule has 0 aliphatic heterocycles. The number of H-pyrrole nitrogens is 1. The van der Waals surface area contributed by atoms with Crippen LogP contribution in [0.3, 0.4) is 0 Å². The lowest BCUT2D eigenvalue weighted by Gasteiger charge is -2.10. The molecule has 0 aliphatic carbocycles. The van der Waals surface area contributed by atoms with Crippen molar-refractivity contribution in [2.45, 2.75) is 16.0 Å². The zero-order valence-electron chi connectivity index (χ0n) is 12.4. The molecule has 3 rings (SSSR count). The molecule has 0 aliphatic rings. The highest BCUT2D eigenvalue weighted by atomic mass is 32.2. The third-order valence-corrected chi connectivity index (χ3v) is 5.50. The molecular weight excluding hydrogens is 375 g/mol. The molecule has 10 heteroatoms. The minimum Gasteiger partial charge on any atom is -0.275 e. The molecule has 0 amide bonds. The lowest BCUT2D eigenvalue weighted by atomic mass is 10.2. The maximum Gasteiger partial charge on any atom is 0.416 e. The summed E-state index contributed by atoms with van der Waals surface area (Å²) in [6.45, 7) is 0. The minimum atomic E-state index is -4.62. The van der Waals surface area contributed by atoms with E-state index in [0.717, 1.165) is 18.2 Å². The van der Waals surface area contributed by atoms with Crippen LogP contribution in [0, 0.1) is 4.77 Å². The molecule has 0 unspecified atom stereocenters. The van der Waals surface area contributed by atoms with Gasteiger partial charge in [-0.3, -0.25) is 9.67 Å². The molecule has 1 aromatic heterocycles. The summed E-state index contributed by atoms with van der Waals surface area (Å²) < 4.78 is 65.4. The van der Waals surface area contributed by atoms with Crippen molar-refractivity contribution in [3.05, 3.63) is 65.2 Å². The number of benzene rings is 2. The Morgan fingerprint density at radius 1 is 1.04 bits per heavy atom. The minimum absolute atomic E-state index is 0.120. The average molecular weight is 385 g/mol. The summed E-state index contributed by atoms with van der Waals surface area (Å²) in [4.78, 5) is -0.541. The van der Waals surface area contributed by atoms with E-state index in [4.69, 9.17) is 12.2 Å². The lowest BCUT2D eigenvalue weighted by Crippen LogP contribution is -2.08. The van der Waals surface area contributed by atoms with Gasteiger partial charge in [0.05, 0.1) is 15.4 Å². The highest BCUT2D eigenvalue weighted by Crippen LogP contribution is 2.32. The predicted octanol–water partition coefficient (Wildman–Crippen LogP) is 3.78. The fourth-order valence-corrected chi connectivity index (χ4v) is 3.71. The molecule has 0 saturated carbocycles. The summed E-state index contributed by atoms with van der Waals surface area (Å²) in [6, 6.07) is 9.23. The maximum atomic E-state index is 12.8. The van der Waals surface area contributed by atoms with Crippen molar-refractivity contribution in [2.75, 3.05) is 0 Å². The normalized spacial score (nSPS) is 12.3. The Kier molecular flexibility index (Phi) is 4.25. The van der Waals surface area contributed by atoms with E-state index < -0.39 is 26.5 Å². The summed E-state index contributed by atoms with van der Waals surface area (Å²) in [5, 5.41) is 6.32. The molecule has 0 radical (unpaired) electrons. The van der Waals surface area contributed by atoms with Crippen molar-refractivity contribution in [1.82, 2.24) is 14.8 Å². The number of nitrogens with one attached hydrogen (secondary N) is 1. The van der Waals surface area contributed by atoms with Gasteiger partial charge in [0.1, 0.15) is 6.33 Å². The van der Waals surface area contributed by atoms with Crippen LogP contribution in [0.4, 0.5) is 13.2 Å². The first-order valence-electron chi connectivity index (χ1n) is 6.84. The van der Waals surface area contributed by atoms with Gasteiger partial charge < -0.3 is 0 Å². The highest BCUT2D eigenvalue weighted by molar-refractivity contribution is 7.91. The van der Waals surface area contributed by atoms with Crippen LogP contribution in [0.2, 0.25) is 0 Å². The smallest absolute Gasteiger partial charge is 0.275 e. The van der Waals surface area contributed by atoms with Gasteiger partial charge in [0.15, 0.2) is 4.77 Å². The molecule has 0 saturated heterocycles. The first kappa shape index (κ1) is 17.4. The molecule has 2 aromatic carbocycles. The van der Waals surface area contributed by atoms with Crippen LogP contribution in [-0.4, -0.2) is 23.2 Å². The number of aromatic amines is 1. The lowest BCUT2D eigenvalue weighted by molar-refractivity contribution is -0.137. The van der Waals surface area contributed by atoms with Crippen molar-refractivity contribution < 1.29 is 21.6 Å². The second kappa shape index (κ2) is 6.12. The number of alkyl halides is 3. The quantitative estimate of drug-likeness (QED) is 0.697. The van der Waals surface area contributed by atoms with E-state index in [1.807, 2.05) is 0 Å². The number of rotatable bonds is 3. The van der Waals surface area contributed by atoms with Crippen molar-refractivity contribution in [3.63, 3.8) is 0 Å². The summed E-state index contributed by atoms with van der Waals surface area (Å²) >= 11 is 5.02. The van der Waals surface area contributed by atoms with Crippen LogP contribution in [0.1, 0.15) is 5.56 Å². The molecule has 0 fully saturated rings. The van der Waals surface area contributed by atoms with Gasteiger partial charge in [0.2, 0.25) is 9.84 Å². The number of aromatic nitrogens is 3. The largest absolute Gasteiger partial charge is 0.416 e. The molecule has 1 heterocycles. The van der Waals surface area contributed by atoms with E-state index in [2.05, 4.69) is 10.2 Å². The molecule has 5 nitrogen and oxygen atoms in total. The number of sulfone groups is 1. The van der Waals surface area contributed by atoms with Gasteiger partial charge in [-0.25, -0.2) is 8.42 Å². The molecule has 3 aromatic rings. The molecule has 0 atom stereocenters. The van der Waals surface area contributed by atoms with Crippen LogP contribution >= 0.6 is 12.2 Å². The summed E-state index contributed by atoms with van der Waals surface area (Å²) in [6.07, 6.45) is -3.19. The van der Waals surface area contributed by atoms with Gasteiger partial charge in [0.25, 0.3) is 0 Å². The first-order chi connectivity index (χ1) is 11.7. The van der Waals surface area contributed by atoms with E-state index in [-0.39, 0.29) is 4.90 Å². The fourth-order valence-electron chi connectivity index (χ4n) is 2.19. The van der Waals surface area contributed by atoms with Crippen molar-refractivity contribution in [2.24, 2.45) is 0 Å². The summed E-state index contributed by atoms with van der Waals surface area (Å²) in [5.74, 6) is 0. The Bertz CT molecular complexity index is 1070. The van der Waals surface area contributed by atoms with Gasteiger partial charge in [0, 0.05) is 5.69 Å².